The fraction of sp³-hybridized carbons (Fsp3) is 0.500. The van der Waals surface area contributed by atoms with Crippen molar-refractivity contribution in [3.8, 4) is 11.4 Å². The topological polar surface area (TPSA) is 97.5 Å². The van der Waals surface area contributed by atoms with Gasteiger partial charge < -0.3 is 20.1 Å². The van der Waals surface area contributed by atoms with Gasteiger partial charge in [-0.15, -0.1) is 0 Å². The molecule has 2 aromatic heterocycles. The van der Waals surface area contributed by atoms with Gasteiger partial charge in [-0.25, -0.2) is 18.4 Å². The maximum Gasteiger partial charge on any atom is 0.211 e. The number of H-pyrrole nitrogens is 1. The Labute approximate surface area is 215 Å². The first-order valence-electron chi connectivity index (χ1n) is 12.2. The number of aromatic amines is 1. The third kappa shape index (κ3) is 5.32. The number of rotatable bonds is 6. The zero-order chi connectivity index (χ0) is 24.6. The van der Waals surface area contributed by atoms with Crippen molar-refractivity contribution in [3.05, 3.63) is 34.9 Å². The lowest BCUT2D eigenvalue weighted by Crippen LogP contribution is -2.48. The van der Waals surface area contributed by atoms with E-state index in [1.165, 1.54) is 10.6 Å². The number of likely N-dealkylation sites (tertiary alicyclic amines) is 1. The average Bonchev–Trinajstić information content (AvgIpc) is 3.31. The predicted molar refractivity (Wildman–Crippen MR) is 144 cm³/mol. The molecule has 4 heterocycles. The number of fused-ring (bicyclic) bond motifs is 1. The van der Waals surface area contributed by atoms with E-state index in [2.05, 4.69) is 72.2 Å². The maximum atomic E-state index is 11.8. The van der Waals surface area contributed by atoms with E-state index in [1.54, 1.807) is 0 Å². The first kappa shape index (κ1) is 24.5. The minimum absolute atomic E-state index is 0.419. The Balaban J connectivity index is 1.32. The molecule has 0 atom stereocenters. The summed E-state index contributed by atoms with van der Waals surface area (Å²) in [4.78, 5) is 17.5. The molecule has 2 aliphatic rings. The SMILES string of the molecule is CCN1CCC(Nc2c(Br)cnc3[nH]c(-c4ccc(N5CCN(S(C)(=O)=O)CC5)cc4)nc23)CC1. The fourth-order valence-corrected chi connectivity index (χ4v) is 6.14. The number of benzene rings is 1. The molecule has 11 heteroatoms. The number of halogens is 1. The van der Waals surface area contributed by atoms with E-state index in [9.17, 15) is 8.42 Å². The van der Waals surface area contributed by atoms with E-state index in [0.717, 1.165) is 70.9 Å². The molecular formula is C24H32BrN7O2S. The third-order valence-electron chi connectivity index (χ3n) is 7.06. The quantitative estimate of drug-likeness (QED) is 0.476. The van der Waals surface area contributed by atoms with Crippen LogP contribution < -0.4 is 10.2 Å². The molecule has 188 valence electrons. The van der Waals surface area contributed by atoms with Gasteiger partial charge in [-0.2, -0.15) is 4.31 Å². The second-order valence-electron chi connectivity index (χ2n) is 9.31. The van der Waals surface area contributed by atoms with Gasteiger partial charge in [0.05, 0.1) is 16.4 Å². The summed E-state index contributed by atoms with van der Waals surface area (Å²) in [6, 6.07) is 8.67. The standard InChI is InChI=1S/C24H32BrN7O2S/c1-3-30-10-8-18(9-11-30)27-21-20(25)16-26-24-22(21)28-23(29-24)17-4-6-19(7-5-17)31-12-14-32(15-13-31)35(2,33)34/h4-7,16,18H,3,8-15H2,1-2H3,(H2,26,27,28,29). The lowest BCUT2D eigenvalue weighted by molar-refractivity contribution is 0.229. The Morgan fingerprint density at radius 1 is 1.09 bits per heavy atom. The number of anilines is 2. The van der Waals surface area contributed by atoms with Crippen LogP contribution in [0.25, 0.3) is 22.6 Å². The Bertz CT molecular complexity index is 1280. The Hall–Kier alpha value is -2.21. The Kier molecular flexibility index (Phi) is 7.02. The predicted octanol–water partition coefficient (Wildman–Crippen LogP) is 3.37. The lowest BCUT2D eigenvalue weighted by Gasteiger charge is -2.34. The normalized spacial score (nSPS) is 18.9. The molecule has 2 saturated heterocycles. The molecule has 5 rings (SSSR count). The van der Waals surface area contributed by atoms with E-state index in [-0.39, 0.29) is 0 Å². The number of nitrogens with zero attached hydrogens (tertiary/aromatic N) is 5. The van der Waals surface area contributed by atoms with Gasteiger partial charge in [0.25, 0.3) is 0 Å². The zero-order valence-corrected chi connectivity index (χ0v) is 22.6. The van der Waals surface area contributed by atoms with Gasteiger partial charge in [0, 0.05) is 62.8 Å². The summed E-state index contributed by atoms with van der Waals surface area (Å²) in [5.74, 6) is 0.780. The summed E-state index contributed by atoms with van der Waals surface area (Å²) in [6.45, 7) is 7.93. The molecule has 2 aliphatic heterocycles. The molecule has 2 N–H and O–H groups in total. The molecule has 0 bridgehead atoms. The van der Waals surface area contributed by atoms with Crippen molar-refractivity contribution < 1.29 is 8.42 Å². The highest BCUT2D eigenvalue weighted by molar-refractivity contribution is 9.10. The molecule has 0 aliphatic carbocycles. The number of imidazole rings is 1. The molecule has 0 amide bonds. The van der Waals surface area contributed by atoms with Crippen LogP contribution >= 0.6 is 15.9 Å². The van der Waals surface area contributed by atoms with E-state index < -0.39 is 10.0 Å². The zero-order valence-electron chi connectivity index (χ0n) is 20.2. The van der Waals surface area contributed by atoms with Crippen LogP contribution in [0.3, 0.4) is 0 Å². The lowest BCUT2D eigenvalue weighted by atomic mass is 10.0. The minimum atomic E-state index is -3.13. The highest BCUT2D eigenvalue weighted by atomic mass is 79.9. The van der Waals surface area contributed by atoms with Crippen molar-refractivity contribution >= 4 is 48.5 Å². The number of piperidine rings is 1. The van der Waals surface area contributed by atoms with Crippen molar-refractivity contribution in [1.82, 2.24) is 24.2 Å². The van der Waals surface area contributed by atoms with Crippen molar-refractivity contribution in [2.75, 3.05) is 62.3 Å². The molecule has 1 aromatic carbocycles. The molecule has 9 nitrogen and oxygen atoms in total. The largest absolute Gasteiger partial charge is 0.379 e. The number of nitrogens with one attached hydrogen (secondary N) is 2. The molecular weight excluding hydrogens is 530 g/mol. The first-order chi connectivity index (χ1) is 16.8. The Morgan fingerprint density at radius 2 is 1.77 bits per heavy atom. The van der Waals surface area contributed by atoms with Gasteiger partial charge in [0.2, 0.25) is 10.0 Å². The fourth-order valence-electron chi connectivity index (χ4n) is 4.91. The van der Waals surface area contributed by atoms with E-state index in [4.69, 9.17) is 4.98 Å². The maximum absolute atomic E-state index is 11.8. The van der Waals surface area contributed by atoms with Gasteiger partial charge >= 0.3 is 0 Å². The molecule has 0 radical (unpaired) electrons. The van der Waals surface area contributed by atoms with Crippen LogP contribution in [-0.4, -0.2) is 90.7 Å². The van der Waals surface area contributed by atoms with Gasteiger partial charge in [0.15, 0.2) is 5.65 Å². The summed E-state index contributed by atoms with van der Waals surface area (Å²) in [6.07, 6.45) is 5.32. The summed E-state index contributed by atoms with van der Waals surface area (Å²) in [7, 11) is -3.13. The number of piperazine rings is 1. The molecule has 35 heavy (non-hydrogen) atoms. The van der Waals surface area contributed by atoms with Crippen molar-refractivity contribution in [2.24, 2.45) is 0 Å². The van der Waals surface area contributed by atoms with Crippen LogP contribution in [0.4, 0.5) is 11.4 Å². The van der Waals surface area contributed by atoms with Crippen LogP contribution in [0.1, 0.15) is 19.8 Å². The highest BCUT2D eigenvalue weighted by Crippen LogP contribution is 2.33. The molecule has 0 spiro atoms. The monoisotopic (exact) mass is 561 g/mol. The number of aromatic nitrogens is 3. The second kappa shape index (κ2) is 10.0. The van der Waals surface area contributed by atoms with Crippen molar-refractivity contribution in [2.45, 2.75) is 25.8 Å². The van der Waals surface area contributed by atoms with Crippen LogP contribution in [0, 0.1) is 0 Å². The van der Waals surface area contributed by atoms with Crippen LogP contribution in [-0.2, 0) is 10.0 Å². The van der Waals surface area contributed by atoms with Crippen LogP contribution in [0.5, 0.6) is 0 Å². The van der Waals surface area contributed by atoms with Gasteiger partial charge in [0.1, 0.15) is 11.3 Å². The number of sulfonamides is 1. The summed E-state index contributed by atoms with van der Waals surface area (Å²) in [5, 5.41) is 3.72. The first-order valence-corrected chi connectivity index (χ1v) is 14.8. The minimum Gasteiger partial charge on any atom is -0.379 e. The number of hydrogen-bond donors (Lipinski definition) is 2. The number of hydrogen-bond acceptors (Lipinski definition) is 7. The third-order valence-corrected chi connectivity index (χ3v) is 8.97. The smallest absolute Gasteiger partial charge is 0.211 e. The summed E-state index contributed by atoms with van der Waals surface area (Å²) < 4.78 is 26.0. The van der Waals surface area contributed by atoms with E-state index in [1.807, 2.05) is 6.20 Å². The Morgan fingerprint density at radius 3 is 2.40 bits per heavy atom. The van der Waals surface area contributed by atoms with Crippen LogP contribution in [0.15, 0.2) is 34.9 Å². The number of pyridine rings is 1. The van der Waals surface area contributed by atoms with Crippen molar-refractivity contribution in [3.63, 3.8) is 0 Å². The second-order valence-corrected chi connectivity index (χ2v) is 12.1. The van der Waals surface area contributed by atoms with Crippen molar-refractivity contribution in [1.29, 1.82) is 0 Å². The van der Waals surface area contributed by atoms with Gasteiger partial charge in [-0.3, -0.25) is 0 Å². The van der Waals surface area contributed by atoms with E-state index >= 15 is 0 Å². The highest BCUT2D eigenvalue weighted by Gasteiger charge is 2.24. The summed E-state index contributed by atoms with van der Waals surface area (Å²) >= 11 is 3.67. The van der Waals surface area contributed by atoms with E-state index in [0.29, 0.717) is 32.2 Å². The van der Waals surface area contributed by atoms with Crippen LogP contribution in [0.2, 0.25) is 0 Å². The van der Waals surface area contributed by atoms with Gasteiger partial charge in [-0.1, -0.05) is 6.92 Å². The molecule has 2 fully saturated rings. The molecule has 0 unspecified atom stereocenters. The molecule has 3 aromatic rings. The average molecular weight is 563 g/mol. The molecule has 0 saturated carbocycles. The van der Waals surface area contributed by atoms with Gasteiger partial charge in [-0.05, 0) is 59.6 Å². The summed E-state index contributed by atoms with van der Waals surface area (Å²) in [5.41, 5.74) is 4.67.